The third-order valence-electron chi connectivity index (χ3n) is 12.3. The van der Waals surface area contributed by atoms with Crippen molar-refractivity contribution in [1.29, 1.82) is 0 Å². The highest BCUT2D eigenvalue weighted by Crippen LogP contribution is 2.33. The van der Waals surface area contributed by atoms with Crippen LogP contribution in [0.4, 0.5) is 0 Å². The van der Waals surface area contributed by atoms with Crippen molar-refractivity contribution in [3.05, 3.63) is 36.0 Å². The van der Waals surface area contributed by atoms with Crippen LogP contribution in [0.1, 0.15) is 86.6 Å². The summed E-state index contributed by atoms with van der Waals surface area (Å²) in [6.45, 7) is 10.7. The quantitative estimate of drug-likeness (QED) is 0.0203. The molecule has 0 aliphatic carbocycles. The molecule has 2 unspecified atom stereocenters. The fourth-order valence-electron chi connectivity index (χ4n) is 7.65. The number of primary amides is 1. The molecule has 1 aromatic heterocycles. The van der Waals surface area contributed by atoms with E-state index in [2.05, 4.69) is 59.6 Å². The van der Waals surface area contributed by atoms with Gasteiger partial charge in [0.2, 0.25) is 35.4 Å². The highest BCUT2D eigenvalue weighted by atomic mass is 33.1. The van der Waals surface area contributed by atoms with E-state index in [-0.39, 0.29) is 43.8 Å². The average Bonchev–Trinajstić information content (AvgIpc) is 3.78. The minimum absolute atomic E-state index is 0.142. The van der Waals surface area contributed by atoms with Crippen LogP contribution in [0.2, 0.25) is 0 Å². The van der Waals surface area contributed by atoms with E-state index in [1.807, 2.05) is 0 Å². The first-order valence-corrected chi connectivity index (χ1v) is 28.1. The maximum atomic E-state index is 14.6. The number of thiol groups is 1. The first-order chi connectivity index (χ1) is 36.1. The van der Waals surface area contributed by atoms with Crippen molar-refractivity contribution in [2.75, 3.05) is 39.0 Å². The van der Waals surface area contributed by atoms with Gasteiger partial charge in [-0.25, -0.2) is 4.72 Å². The van der Waals surface area contributed by atoms with Gasteiger partial charge in [0.1, 0.15) is 47.9 Å². The van der Waals surface area contributed by atoms with E-state index in [0.29, 0.717) is 23.9 Å². The number of hydrogen-bond acceptors (Lipinski definition) is 20. The number of para-hydroxylation sites is 1. The number of aromatic amines is 1. The molecule has 77 heavy (non-hydrogen) atoms. The van der Waals surface area contributed by atoms with Gasteiger partial charge in [-0.05, 0) is 82.2 Å². The Morgan fingerprint density at radius 3 is 1.97 bits per heavy atom. The lowest BCUT2D eigenvalue weighted by atomic mass is 9.86. The average molecular weight is 1140 g/mol. The molecule has 0 radical (unpaired) electrons. The molecule has 27 heteroatoms. The summed E-state index contributed by atoms with van der Waals surface area (Å²) in [7, 11) is 3.31. The number of H-pyrrole nitrogens is 1. The molecule has 0 saturated carbocycles. The van der Waals surface area contributed by atoms with Gasteiger partial charge in [-0.1, -0.05) is 63.6 Å². The fraction of sp³-hybridized carbons (Fsp3) is 0.640. The number of amides is 6. The largest absolute Gasteiger partial charge is 0.394 e. The number of Topliss-reactive ketones (excluding diaryl/α,β-unsaturated/α-hetero) is 4. The van der Waals surface area contributed by atoms with Gasteiger partial charge in [0.25, 0.3) is 0 Å². The van der Waals surface area contributed by atoms with Crippen molar-refractivity contribution in [2.45, 2.75) is 147 Å². The lowest BCUT2D eigenvalue weighted by Gasteiger charge is -2.29. The summed E-state index contributed by atoms with van der Waals surface area (Å²) >= 11 is 4.23. The highest BCUT2D eigenvalue weighted by molar-refractivity contribution is 8.76. The first-order valence-electron chi connectivity index (χ1n) is 25.2. The maximum Gasteiger partial charge on any atom is 0.245 e. The van der Waals surface area contributed by atoms with E-state index in [1.54, 1.807) is 72.1 Å². The van der Waals surface area contributed by atoms with Crippen LogP contribution < -0.4 is 47.7 Å². The van der Waals surface area contributed by atoms with Crippen LogP contribution in [0.15, 0.2) is 30.5 Å². The predicted octanol–water partition coefficient (Wildman–Crippen LogP) is -1.73. The van der Waals surface area contributed by atoms with Crippen molar-refractivity contribution in [2.24, 2.45) is 23.0 Å². The van der Waals surface area contributed by atoms with Gasteiger partial charge < -0.3 is 68.4 Å². The summed E-state index contributed by atoms with van der Waals surface area (Å²) in [5, 5.41) is 59.7. The number of carbonyl (C=O) groups excluding carboxylic acids is 10. The minimum Gasteiger partial charge on any atom is -0.394 e. The second-order valence-electron chi connectivity index (χ2n) is 20.2. The summed E-state index contributed by atoms with van der Waals surface area (Å²) < 4.78 is 2.83. The molecule has 0 fully saturated rings. The molecule has 432 valence electrons. The Bertz CT molecular complexity index is 2330. The summed E-state index contributed by atoms with van der Waals surface area (Å²) in [4.78, 5) is 136. The minimum atomic E-state index is -1.77. The van der Waals surface area contributed by atoms with Gasteiger partial charge in [-0.3, -0.25) is 47.9 Å². The number of hydrogen-bond donors (Lipinski definition) is 15. The molecular weight excluding hydrogens is 1060 g/mol. The molecule has 2 rings (SSSR count). The molecule has 0 bridgehead atoms. The summed E-state index contributed by atoms with van der Waals surface area (Å²) in [6, 6.07) is -0.597. The van der Waals surface area contributed by atoms with Crippen molar-refractivity contribution in [1.82, 2.24) is 46.9 Å². The Balaban J connectivity index is 2.53. The SMILES string of the molecule is CNCC[C@H](NCC(=O)CC[C@H](CC(SSNC(CS)C(=O)NCC(=O)N[C@H](C(N)=O)[C@@H](C)O)C(=O)[C@@H](O)C(C)C)C(=O)N[C@H](C(=O)N[C@@H](Cc1c[nH]c2ccccc12)C(=O)N[C@@H](CO)C(=O)C(C)(C)C)[C@@H](C)O)C(C)=O. The van der Waals surface area contributed by atoms with E-state index >= 15 is 0 Å². The number of carbonyl (C=O) groups is 10. The van der Waals surface area contributed by atoms with Crippen LogP contribution in [-0.2, 0) is 54.4 Å². The second-order valence-corrected chi connectivity index (χ2v) is 22.8. The first kappa shape index (κ1) is 68.1. The third kappa shape index (κ3) is 22.7. The van der Waals surface area contributed by atoms with E-state index in [4.69, 9.17) is 5.73 Å². The molecular formula is C50H80N10O14S3. The molecule has 0 aliphatic rings. The van der Waals surface area contributed by atoms with Gasteiger partial charge >= 0.3 is 0 Å². The molecule has 11 atom stereocenters. The fourth-order valence-corrected chi connectivity index (χ4v) is 10.4. The van der Waals surface area contributed by atoms with Crippen molar-refractivity contribution in [3.8, 4) is 0 Å². The van der Waals surface area contributed by atoms with E-state index in [0.717, 1.165) is 27.3 Å². The topological polar surface area (TPSA) is 390 Å². The Morgan fingerprint density at radius 1 is 0.779 bits per heavy atom. The molecule has 24 nitrogen and oxygen atoms in total. The van der Waals surface area contributed by atoms with Gasteiger partial charge in [-0.15, -0.1) is 0 Å². The molecule has 0 saturated heterocycles. The number of benzene rings is 1. The number of rotatable bonds is 37. The number of aromatic nitrogens is 1. The Labute approximate surface area is 462 Å². The number of fused-ring (bicyclic) bond motifs is 1. The number of ketones is 4. The molecule has 0 aliphatic heterocycles. The zero-order chi connectivity index (χ0) is 58.3. The maximum absolute atomic E-state index is 14.6. The summed E-state index contributed by atoms with van der Waals surface area (Å²) in [5.41, 5.74) is 5.56. The second kappa shape index (κ2) is 33.5. The molecule has 6 amide bonds. The van der Waals surface area contributed by atoms with Crippen molar-refractivity contribution >= 4 is 104 Å². The predicted molar refractivity (Wildman–Crippen MR) is 296 cm³/mol. The lowest BCUT2D eigenvalue weighted by Crippen LogP contribution is -2.60. The van der Waals surface area contributed by atoms with Gasteiger partial charge in [0.05, 0.1) is 43.2 Å². The molecule has 1 heterocycles. The molecule has 2 aromatic rings. The molecule has 1 aromatic carbocycles. The van der Waals surface area contributed by atoms with Gasteiger partial charge in [-0.2, -0.15) is 12.6 Å². The Morgan fingerprint density at radius 2 is 1.42 bits per heavy atom. The van der Waals surface area contributed by atoms with Crippen LogP contribution in [-0.4, -0.2) is 183 Å². The Kier molecular flexibility index (Phi) is 29.6. The van der Waals surface area contributed by atoms with Crippen LogP contribution >= 0.6 is 34.4 Å². The van der Waals surface area contributed by atoms with Crippen LogP contribution in [0.3, 0.4) is 0 Å². The monoisotopic (exact) mass is 1140 g/mol. The number of aliphatic hydroxyl groups is 4. The van der Waals surface area contributed by atoms with Gasteiger partial charge in [0.15, 0.2) is 11.6 Å². The summed E-state index contributed by atoms with van der Waals surface area (Å²) in [6.07, 6.45) is -3.54. The van der Waals surface area contributed by atoms with E-state index in [9.17, 15) is 68.4 Å². The van der Waals surface area contributed by atoms with E-state index < -0.39 is 143 Å². The number of nitrogens with one attached hydrogen (secondary N) is 9. The normalized spacial score (nSPS) is 16.0. The van der Waals surface area contributed by atoms with Crippen molar-refractivity contribution in [3.63, 3.8) is 0 Å². The number of aliphatic hydroxyl groups excluding tert-OH is 4. The van der Waals surface area contributed by atoms with Crippen molar-refractivity contribution < 1.29 is 68.4 Å². The highest BCUT2D eigenvalue weighted by Gasteiger charge is 2.38. The zero-order valence-corrected chi connectivity index (χ0v) is 47.6. The van der Waals surface area contributed by atoms with Gasteiger partial charge in [0, 0.05) is 47.0 Å². The van der Waals surface area contributed by atoms with Crippen LogP contribution in [0.25, 0.3) is 10.9 Å². The standard InChI is InChI=1S/C50H80N10O14S3/c1-25(2)42(67)43(68)38(76-77-60-37(24-75)47(72)55-22-39(66)58-40(27(4)63)45(51)70)19-29(14-15-31(65)21-54-33(26(3)62)16-17-52-9)46(71)59-41(28(5)64)49(74)56-35(18-30-20-53-34-13-11-10-12-32(30)34)48(73)57-36(23-61)44(69)50(6,7)8/h10-13,20,25,27-29,33,35-38,40-42,52-54,60-61,63-64,67,75H,14-19,21-24H2,1-9H3,(H2,51,70)(H,55,72)(H,56,74)(H,57,73)(H,58,66)(H,59,71)/t27-,28-,29-,33+,35+,36+,37?,38?,40+,41+,42+/m1/s1. The third-order valence-corrected chi connectivity index (χ3v) is 15.1. The molecule has 0 spiro atoms. The van der Waals surface area contributed by atoms with Crippen LogP contribution in [0, 0.1) is 17.3 Å². The van der Waals surface area contributed by atoms with E-state index in [1.165, 1.54) is 20.8 Å². The molecule has 15 N–H and O–H groups in total. The zero-order valence-electron chi connectivity index (χ0n) is 45.1. The number of nitrogens with two attached hydrogens (primary N) is 1. The Hall–Kier alpha value is -4.97. The van der Waals surface area contributed by atoms with Crippen LogP contribution in [0.5, 0.6) is 0 Å². The lowest BCUT2D eigenvalue weighted by molar-refractivity contribution is -0.137. The smallest absolute Gasteiger partial charge is 0.245 e. The summed E-state index contributed by atoms with van der Waals surface area (Å²) in [5.74, 6) is -9.27.